The number of rotatable bonds is 9. The molecule has 10 heteroatoms. The maximum Gasteiger partial charge on any atom is 0.357 e. The summed E-state index contributed by atoms with van der Waals surface area (Å²) in [6.07, 6.45) is -0.659. The van der Waals surface area contributed by atoms with E-state index < -0.39 is 29.4 Å². The molecule has 2 amide bonds. The van der Waals surface area contributed by atoms with Crippen LogP contribution < -0.4 is 10.1 Å². The summed E-state index contributed by atoms with van der Waals surface area (Å²) in [5.74, 6) is -0.278. The van der Waals surface area contributed by atoms with Crippen LogP contribution in [0.1, 0.15) is 17.2 Å². The molecule has 3 aromatic rings. The van der Waals surface area contributed by atoms with Gasteiger partial charge in [0.2, 0.25) is 0 Å². The monoisotopic (exact) mass is 585 g/mol. The second-order valence-corrected chi connectivity index (χ2v) is 11.2. The number of carbonyl (C=O) groups excluding carboxylic acids is 3. The number of β-lactam (4-membered cyclic amide) rings is 1. The fourth-order valence-electron chi connectivity index (χ4n) is 5.30. The molecular formula is C32H31N3O6S. The van der Waals surface area contributed by atoms with Crippen molar-refractivity contribution < 1.29 is 28.6 Å². The molecule has 6 rings (SSSR count). The highest BCUT2D eigenvalue weighted by molar-refractivity contribution is 8.00. The maximum absolute atomic E-state index is 14.1. The minimum atomic E-state index is -0.769. The number of nitrogens with zero attached hydrogens (tertiary/aromatic N) is 2. The van der Waals surface area contributed by atoms with Gasteiger partial charge in [-0.15, -0.1) is 11.8 Å². The van der Waals surface area contributed by atoms with Crippen LogP contribution in [-0.2, 0) is 23.9 Å². The molecule has 42 heavy (non-hydrogen) atoms. The molecule has 3 aliphatic rings. The predicted molar refractivity (Wildman–Crippen MR) is 157 cm³/mol. The van der Waals surface area contributed by atoms with Crippen molar-refractivity contribution in [2.45, 2.75) is 17.5 Å². The van der Waals surface area contributed by atoms with Gasteiger partial charge in [0.1, 0.15) is 17.2 Å². The summed E-state index contributed by atoms with van der Waals surface area (Å²) in [4.78, 5) is 43.9. The van der Waals surface area contributed by atoms with E-state index in [1.807, 2.05) is 78.9 Å². The van der Waals surface area contributed by atoms with Crippen LogP contribution in [0.25, 0.3) is 0 Å². The molecule has 9 nitrogen and oxygen atoms in total. The third-order valence-electron chi connectivity index (χ3n) is 7.39. The summed E-state index contributed by atoms with van der Waals surface area (Å²) in [5, 5.41) is 2.36. The normalized spacial score (nSPS) is 20.1. The molecule has 0 aliphatic carbocycles. The second-order valence-electron chi connectivity index (χ2n) is 10.1. The first-order valence-electron chi connectivity index (χ1n) is 13.9. The van der Waals surface area contributed by atoms with Gasteiger partial charge in [0.15, 0.2) is 18.4 Å². The van der Waals surface area contributed by atoms with E-state index in [1.165, 1.54) is 16.7 Å². The maximum atomic E-state index is 14.1. The molecule has 0 saturated carbocycles. The van der Waals surface area contributed by atoms with E-state index in [9.17, 15) is 14.4 Å². The fraction of sp³-hybridized carbons (Fsp3) is 0.281. The number of hydrogen-bond donors (Lipinski definition) is 1. The van der Waals surface area contributed by atoms with Gasteiger partial charge in [-0.25, -0.2) is 4.79 Å². The first-order chi connectivity index (χ1) is 20.6. The quantitative estimate of drug-likeness (QED) is 0.302. The van der Waals surface area contributed by atoms with Crippen molar-refractivity contribution in [2.75, 3.05) is 38.7 Å². The number of thioether (sulfide) groups is 1. The minimum Gasteiger partial charge on any atom is -0.484 e. The van der Waals surface area contributed by atoms with Gasteiger partial charge in [0.05, 0.1) is 18.9 Å². The van der Waals surface area contributed by atoms with E-state index in [-0.39, 0.29) is 18.2 Å². The lowest BCUT2D eigenvalue weighted by Crippen LogP contribution is -2.71. The van der Waals surface area contributed by atoms with Gasteiger partial charge in [-0.2, -0.15) is 0 Å². The van der Waals surface area contributed by atoms with E-state index in [1.54, 1.807) is 12.1 Å². The number of morpholine rings is 1. The van der Waals surface area contributed by atoms with E-state index >= 15 is 0 Å². The van der Waals surface area contributed by atoms with Crippen LogP contribution >= 0.6 is 11.8 Å². The van der Waals surface area contributed by atoms with Crippen molar-refractivity contribution in [3.63, 3.8) is 0 Å². The van der Waals surface area contributed by atoms with E-state index in [0.29, 0.717) is 37.8 Å². The predicted octanol–water partition coefficient (Wildman–Crippen LogP) is 3.34. The molecule has 0 bridgehead atoms. The number of nitrogens with one attached hydrogen (secondary N) is 1. The number of amides is 2. The number of esters is 1. The second kappa shape index (κ2) is 12.7. The molecule has 2 atom stereocenters. The van der Waals surface area contributed by atoms with E-state index in [0.717, 1.165) is 16.8 Å². The SMILES string of the molecule is O=C(COc1ccccc1)NC1C(=O)N2C(C(=O)OC(c3ccccc3)c3ccccc3)=C(N3CCOCC3)CS[C@H]12. The molecular weight excluding hydrogens is 554 g/mol. The number of benzene rings is 3. The largest absolute Gasteiger partial charge is 0.484 e. The van der Waals surface area contributed by atoms with Crippen LogP contribution in [0, 0.1) is 0 Å². The molecule has 1 unspecified atom stereocenters. The Morgan fingerprint density at radius 2 is 1.50 bits per heavy atom. The van der Waals surface area contributed by atoms with Gasteiger partial charge < -0.3 is 24.4 Å². The third kappa shape index (κ3) is 5.86. The smallest absolute Gasteiger partial charge is 0.357 e. The highest BCUT2D eigenvalue weighted by Crippen LogP contribution is 2.42. The lowest BCUT2D eigenvalue weighted by Gasteiger charge is -2.51. The van der Waals surface area contributed by atoms with Crippen molar-refractivity contribution in [1.29, 1.82) is 0 Å². The fourth-order valence-corrected chi connectivity index (χ4v) is 6.68. The summed E-state index contributed by atoms with van der Waals surface area (Å²) in [7, 11) is 0. The van der Waals surface area contributed by atoms with Gasteiger partial charge in [0, 0.05) is 18.8 Å². The Labute approximate surface area is 248 Å². The first kappa shape index (κ1) is 27.9. The first-order valence-corrected chi connectivity index (χ1v) is 14.9. The van der Waals surface area contributed by atoms with Gasteiger partial charge in [0.25, 0.3) is 11.8 Å². The highest BCUT2D eigenvalue weighted by atomic mass is 32.2. The lowest BCUT2D eigenvalue weighted by atomic mass is 10.0. The van der Waals surface area contributed by atoms with Gasteiger partial charge in [-0.05, 0) is 23.3 Å². The number of hydrogen-bond acceptors (Lipinski definition) is 8. The van der Waals surface area contributed by atoms with Crippen molar-refractivity contribution in [2.24, 2.45) is 0 Å². The van der Waals surface area contributed by atoms with Crippen molar-refractivity contribution in [3.05, 3.63) is 114 Å². The zero-order chi connectivity index (χ0) is 28.9. The molecule has 2 fully saturated rings. The molecule has 0 radical (unpaired) electrons. The average Bonchev–Trinajstić information content (AvgIpc) is 3.06. The molecule has 216 valence electrons. The van der Waals surface area contributed by atoms with Crippen LogP contribution in [-0.4, -0.2) is 77.7 Å². The van der Waals surface area contributed by atoms with Crippen LogP contribution in [0.2, 0.25) is 0 Å². The lowest BCUT2D eigenvalue weighted by molar-refractivity contribution is -0.155. The molecule has 0 aromatic heterocycles. The Hall–Kier alpha value is -4.28. The Balaban J connectivity index is 1.24. The van der Waals surface area contributed by atoms with Gasteiger partial charge in [-0.1, -0.05) is 78.9 Å². The zero-order valence-electron chi connectivity index (χ0n) is 22.9. The van der Waals surface area contributed by atoms with Crippen molar-refractivity contribution >= 4 is 29.5 Å². The van der Waals surface area contributed by atoms with Crippen molar-refractivity contribution in [3.8, 4) is 5.75 Å². The number of carbonyl (C=O) groups is 3. The summed E-state index contributed by atoms with van der Waals surface area (Å²) >= 11 is 1.52. The molecule has 2 saturated heterocycles. The van der Waals surface area contributed by atoms with Crippen LogP contribution in [0.15, 0.2) is 102 Å². The Kier molecular flexibility index (Phi) is 8.43. The Morgan fingerprint density at radius 1 is 0.905 bits per heavy atom. The highest BCUT2D eigenvalue weighted by Gasteiger charge is 2.55. The van der Waals surface area contributed by atoms with E-state index in [4.69, 9.17) is 14.2 Å². The summed E-state index contributed by atoms with van der Waals surface area (Å²) in [5.41, 5.74) is 2.63. The average molecular weight is 586 g/mol. The summed E-state index contributed by atoms with van der Waals surface area (Å²) < 4.78 is 17.3. The van der Waals surface area contributed by atoms with Crippen LogP contribution in [0.3, 0.4) is 0 Å². The minimum absolute atomic E-state index is 0.217. The Bertz CT molecular complexity index is 1410. The van der Waals surface area contributed by atoms with Crippen LogP contribution in [0.5, 0.6) is 5.75 Å². The van der Waals surface area contributed by atoms with Gasteiger partial charge >= 0.3 is 5.97 Å². The topological polar surface area (TPSA) is 97.4 Å². The van der Waals surface area contributed by atoms with Crippen molar-refractivity contribution in [1.82, 2.24) is 15.1 Å². The number of para-hydroxylation sites is 1. The molecule has 0 spiro atoms. The molecule has 3 heterocycles. The van der Waals surface area contributed by atoms with Gasteiger partial charge in [-0.3, -0.25) is 14.5 Å². The van der Waals surface area contributed by atoms with Crippen LogP contribution in [0.4, 0.5) is 0 Å². The summed E-state index contributed by atoms with van der Waals surface area (Å²) in [6.45, 7) is 2.06. The molecule has 3 aromatic carbocycles. The molecule has 3 aliphatic heterocycles. The zero-order valence-corrected chi connectivity index (χ0v) is 23.7. The molecule has 1 N–H and O–H groups in total. The Morgan fingerprint density at radius 3 is 2.12 bits per heavy atom. The number of fused-ring (bicyclic) bond motifs is 1. The third-order valence-corrected chi connectivity index (χ3v) is 8.66. The summed E-state index contributed by atoms with van der Waals surface area (Å²) in [6, 6.07) is 27.3. The van der Waals surface area contributed by atoms with E-state index in [2.05, 4.69) is 10.2 Å². The number of ether oxygens (including phenoxy) is 3. The standard InChI is InChI=1S/C32H31N3O6S/c36-26(20-40-24-14-8-3-9-15-24)33-27-30(37)35-28(25(21-42-31(27)35)34-16-18-39-19-17-34)32(38)41-29(22-10-4-1-5-11-22)23-12-6-2-7-13-23/h1-15,27,29,31H,16-21H2,(H,33,36)/t27?,31-/m1/s1.